The predicted molar refractivity (Wildman–Crippen MR) is 88.6 cm³/mol. The summed E-state index contributed by atoms with van der Waals surface area (Å²) in [6, 6.07) is 13.8. The van der Waals surface area contributed by atoms with Crippen molar-refractivity contribution in [3.8, 4) is 5.75 Å². The average Bonchev–Trinajstić information content (AvgIpc) is 2.36. The Morgan fingerprint density at radius 3 is 2.48 bits per heavy atom. The zero-order chi connectivity index (χ0) is 15.0. The Hall–Kier alpha value is -1.38. The smallest absolute Gasteiger partial charge is 0.125 e. The highest BCUT2D eigenvalue weighted by Crippen LogP contribution is 2.41. The van der Waals surface area contributed by atoms with Crippen molar-refractivity contribution in [2.45, 2.75) is 31.9 Å². The molecule has 1 unspecified atom stereocenters. The van der Waals surface area contributed by atoms with Crippen molar-refractivity contribution >= 4 is 28.9 Å². The van der Waals surface area contributed by atoms with E-state index in [1.165, 1.54) is 0 Å². The molecule has 21 heavy (non-hydrogen) atoms. The van der Waals surface area contributed by atoms with E-state index in [9.17, 15) is 0 Å². The predicted octanol–water partition coefficient (Wildman–Crippen LogP) is 5.71. The Bertz CT molecular complexity index is 649. The fourth-order valence-electron chi connectivity index (χ4n) is 2.77. The van der Waals surface area contributed by atoms with Gasteiger partial charge < -0.3 is 10.1 Å². The summed E-state index contributed by atoms with van der Waals surface area (Å²) >= 11 is 12.1. The van der Waals surface area contributed by atoms with Gasteiger partial charge in [-0.3, -0.25) is 0 Å². The highest BCUT2D eigenvalue weighted by molar-refractivity contribution is 6.35. The van der Waals surface area contributed by atoms with Gasteiger partial charge in [-0.1, -0.05) is 41.4 Å². The Kier molecular flexibility index (Phi) is 3.76. The first kappa shape index (κ1) is 14.6. The lowest BCUT2D eigenvalue weighted by Crippen LogP contribution is -2.37. The molecule has 2 nitrogen and oxygen atoms in total. The molecular weight excluding hydrogens is 305 g/mol. The van der Waals surface area contributed by atoms with Gasteiger partial charge >= 0.3 is 0 Å². The fraction of sp³-hybridized carbons (Fsp3) is 0.294. The molecule has 0 radical (unpaired) electrons. The van der Waals surface area contributed by atoms with Crippen molar-refractivity contribution in [3.63, 3.8) is 0 Å². The number of para-hydroxylation sites is 1. The highest BCUT2D eigenvalue weighted by Gasteiger charge is 2.33. The van der Waals surface area contributed by atoms with Crippen LogP contribution in [0.25, 0.3) is 0 Å². The molecule has 1 N–H and O–H groups in total. The largest absolute Gasteiger partial charge is 0.487 e. The molecule has 2 aromatic rings. The summed E-state index contributed by atoms with van der Waals surface area (Å²) in [4.78, 5) is 0. The van der Waals surface area contributed by atoms with Gasteiger partial charge in [0.05, 0.1) is 6.04 Å². The van der Waals surface area contributed by atoms with Crippen molar-refractivity contribution in [1.82, 2.24) is 0 Å². The molecule has 1 atom stereocenters. The maximum absolute atomic E-state index is 6.07. The Morgan fingerprint density at radius 2 is 1.76 bits per heavy atom. The van der Waals surface area contributed by atoms with Crippen LogP contribution < -0.4 is 10.1 Å². The third kappa shape index (κ3) is 3.28. The number of nitrogens with one attached hydrogen (secondary N) is 1. The molecule has 0 saturated heterocycles. The van der Waals surface area contributed by atoms with Gasteiger partial charge in [0.2, 0.25) is 0 Å². The van der Waals surface area contributed by atoms with Crippen LogP contribution >= 0.6 is 23.2 Å². The van der Waals surface area contributed by atoms with E-state index in [4.69, 9.17) is 27.9 Å². The first-order chi connectivity index (χ1) is 9.93. The van der Waals surface area contributed by atoms with E-state index in [0.717, 1.165) is 23.4 Å². The summed E-state index contributed by atoms with van der Waals surface area (Å²) in [5.74, 6) is 0.930. The van der Waals surface area contributed by atoms with Crippen LogP contribution in [0.4, 0.5) is 5.69 Å². The topological polar surface area (TPSA) is 21.3 Å². The maximum atomic E-state index is 6.07. The van der Waals surface area contributed by atoms with Crippen molar-refractivity contribution in [2.75, 3.05) is 5.32 Å². The minimum atomic E-state index is -0.214. The lowest BCUT2D eigenvalue weighted by molar-refractivity contribution is 0.0759. The summed E-state index contributed by atoms with van der Waals surface area (Å²) in [6.07, 6.45) is 0.869. The summed E-state index contributed by atoms with van der Waals surface area (Å²) in [7, 11) is 0. The summed E-state index contributed by atoms with van der Waals surface area (Å²) in [5.41, 5.74) is 1.87. The third-order valence-corrected chi connectivity index (χ3v) is 4.02. The van der Waals surface area contributed by atoms with Crippen LogP contribution in [0.1, 0.15) is 31.9 Å². The van der Waals surface area contributed by atoms with Crippen LogP contribution in [-0.4, -0.2) is 5.60 Å². The molecule has 0 aromatic heterocycles. The number of hydrogen-bond donors (Lipinski definition) is 1. The van der Waals surface area contributed by atoms with Gasteiger partial charge in [-0.15, -0.1) is 0 Å². The number of halogens is 2. The molecular formula is C17H17Cl2NO. The molecule has 110 valence electrons. The second-order valence-electron chi connectivity index (χ2n) is 5.96. The van der Waals surface area contributed by atoms with Crippen LogP contribution in [0.15, 0.2) is 42.5 Å². The Morgan fingerprint density at radius 1 is 1.10 bits per heavy atom. The molecule has 1 aliphatic heterocycles. The second kappa shape index (κ2) is 5.43. The monoisotopic (exact) mass is 321 g/mol. The van der Waals surface area contributed by atoms with E-state index >= 15 is 0 Å². The summed E-state index contributed by atoms with van der Waals surface area (Å²) in [6.45, 7) is 4.20. The molecule has 3 rings (SSSR count). The average molecular weight is 322 g/mol. The van der Waals surface area contributed by atoms with Crippen LogP contribution in [0.3, 0.4) is 0 Å². The SMILES string of the molecule is CC1(C)CC(Nc2cc(Cl)cc(Cl)c2)c2ccccc2O1. The number of benzene rings is 2. The van der Waals surface area contributed by atoms with Gasteiger partial charge in [0.15, 0.2) is 0 Å². The summed E-state index contributed by atoms with van der Waals surface area (Å²) in [5, 5.41) is 4.78. The lowest BCUT2D eigenvalue weighted by atomic mass is 9.89. The lowest BCUT2D eigenvalue weighted by Gasteiger charge is -2.38. The van der Waals surface area contributed by atoms with E-state index in [1.54, 1.807) is 6.07 Å². The zero-order valence-corrected chi connectivity index (χ0v) is 13.5. The molecule has 0 bridgehead atoms. The van der Waals surface area contributed by atoms with Gasteiger partial charge in [-0.25, -0.2) is 0 Å². The van der Waals surface area contributed by atoms with Gasteiger partial charge in [0.1, 0.15) is 11.4 Å². The molecule has 0 fully saturated rings. The standard InChI is InChI=1S/C17H17Cl2NO/c1-17(2)10-15(14-5-3-4-6-16(14)21-17)20-13-8-11(18)7-12(19)9-13/h3-9,15,20H,10H2,1-2H3. The van der Waals surface area contributed by atoms with Crippen molar-refractivity contribution in [3.05, 3.63) is 58.1 Å². The number of fused-ring (bicyclic) bond motifs is 1. The van der Waals surface area contributed by atoms with Crippen LogP contribution in [-0.2, 0) is 0 Å². The molecule has 4 heteroatoms. The maximum Gasteiger partial charge on any atom is 0.125 e. The molecule has 0 amide bonds. The first-order valence-corrected chi connectivity index (χ1v) is 7.69. The Labute approximate surface area is 135 Å². The minimum Gasteiger partial charge on any atom is -0.487 e. The van der Waals surface area contributed by atoms with E-state index in [1.807, 2.05) is 30.3 Å². The van der Waals surface area contributed by atoms with E-state index in [0.29, 0.717) is 10.0 Å². The number of hydrogen-bond acceptors (Lipinski definition) is 2. The van der Waals surface area contributed by atoms with Gasteiger partial charge in [0, 0.05) is 27.7 Å². The highest BCUT2D eigenvalue weighted by atomic mass is 35.5. The first-order valence-electron chi connectivity index (χ1n) is 6.93. The molecule has 0 spiro atoms. The number of anilines is 1. The molecule has 1 heterocycles. The fourth-order valence-corrected chi connectivity index (χ4v) is 3.30. The quantitative estimate of drug-likeness (QED) is 0.765. The molecule has 0 aliphatic carbocycles. The van der Waals surface area contributed by atoms with E-state index < -0.39 is 0 Å². The molecule has 2 aromatic carbocycles. The van der Waals surface area contributed by atoms with E-state index in [2.05, 4.69) is 25.2 Å². The Balaban J connectivity index is 1.94. The van der Waals surface area contributed by atoms with Gasteiger partial charge in [-0.2, -0.15) is 0 Å². The van der Waals surface area contributed by atoms with Gasteiger partial charge in [0.25, 0.3) is 0 Å². The van der Waals surface area contributed by atoms with Crippen molar-refractivity contribution < 1.29 is 4.74 Å². The molecule has 0 saturated carbocycles. The van der Waals surface area contributed by atoms with Crippen LogP contribution in [0.5, 0.6) is 5.75 Å². The number of rotatable bonds is 2. The normalized spacial score (nSPS) is 19.5. The van der Waals surface area contributed by atoms with Crippen LogP contribution in [0, 0.1) is 0 Å². The van der Waals surface area contributed by atoms with Crippen LogP contribution in [0.2, 0.25) is 10.0 Å². The van der Waals surface area contributed by atoms with Crippen molar-refractivity contribution in [1.29, 1.82) is 0 Å². The zero-order valence-electron chi connectivity index (χ0n) is 12.0. The van der Waals surface area contributed by atoms with E-state index in [-0.39, 0.29) is 11.6 Å². The van der Waals surface area contributed by atoms with Gasteiger partial charge in [-0.05, 0) is 38.1 Å². The molecule has 1 aliphatic rings. The van der Waals surface area contributed by atoms with Crippen molar-refractivity contribution in [2.24, 2.45) is 0 Å². The third-order valence-electron chi connectivity index (χ3n) is 3.58. The number of ether oxygens (including phenoxy) is 1. The summed E-state index contributed by atoms with van der Waals surface area (Å²) < 4.78 is 6.04. The second-order valence-corrected chi connectivity index (χ2v) is 6.83. The minimum absolute atomic E-state index is 0.166.